The second-order valence-electron chi connectivity index (χ2n) is 8.27. The highest BCUT2D eigenvalue weighted by Gasteiger charge is 2.16. The number of carbonyl (C=O) groups is 1. The number of ether oxygens (including phenoxy) is 1. The van der Waals surface area contributed by atoms with Crippen molar-refractivity contribution < 1.29 is 9.53 Å². The molecule has 3 aromatic rings. The summed E-state index contributed by atoms with van der Waals surface area (Å²) in [4.78, 5) is 24.6. The number of hydrogen-bond donors (Lipinski definition) is 1. The van der Waals surface area contributed by atoms with Gasteiger partial charge in [-0.3, -0.25) is 9.69 Å². The van der Waals surface area contributed by atoms with Crippen molar-refractivity contribution in [3.8, 4) is 0 Å². The second-order valence-corrected chi connectivity index (χ2v) is 9.24. The molecule has 1 fully saturated rings. The van der Waals surface area contributed by atoms with Gasteiger partial charge in [0.2, 0.25) is 5.91 Å². The van der Waals surface area contributed by atoms with Gasteiger partial charge in [-0.25, -0.2) is 9.97 Å². The minimum Gasteiger partial charge on any atom is -0.379 e. The molecule has 6 nitrogen and oxygen atoms in total. The zero-order valence-electron chi connectivity index (χ0n) is 18.9. The van der Waals surface area contributed by atoms with E-state index in [1.54, 1.807) is 0 Å². The number of amides is 1. The van der Waals surface area contributed by atoms with Gasteiger partial charge in [0.15, 0.2) is 0 Å². The van der Waals surface area contributed by atoms with Gasteiger partial charge in [0, 0.05) is 18.5 Å². The molecule has 0 spiro atoms. The molecule has 32 heavy (non-hydrogen) atoms. The Balaban J connectivity index is 1.44. The van der Waals surface area contributed by atoms with Crippen molar-refractivity contribution in [2.24, 2.45) is 0 Å². The Bertz CT molecular complexity index is 1100. The molecule has 1 N–H and O–H groups in total. The number of benzene rings is 2. The maximum atomic E-state index is 12.7. The smallest absolute Gasteiger partial charge is 0.230 e. The number of aryl methyl sites for hydroxylation is 2. The van der Waals surface area contributed by atoms with Crippen molar-refractivity contribution in [1.29, 1.82) is 0 Å². The number of para-hydroxylation sites is 1. The summed E-state index contributed by atoms with van der Waals surface area (Å²) in [6.45, 7) is 10.2. The molecule has 1 atom stereocenters. The van der Waals surface area contributed by atoms with E-state index in [1.807, 2.05) is 31.2 Å². The van der Waals surface area contributed by atoms with E-state index in [4.69, 9.17) is 14.7 Å². The largest absolute Gasteiger partial charge is 0.379 e. The number of nitrogens with zero attached hydrogens (tertiary/aromatic N) is 3. The summed E-state index contributed by atoms with van der Waals surface area (Å²) in [7, 11) is 0. The maximum absolute atomic E-state index is 12.7. The Morgan fingerprint density at radius 2 is 1.91 bits per heavy atom. The Labute approximate surface area is 193 Å². The highest BCUT2D eigenvalue weighted by molar-refractivity contribution is 8.00. The lowest BCUT2D eigenvalue weighted by Crippen LogP contribution is -2.36. The van der Waals surface area contributed by atoms with Crippen LogP contribution in [0.2, 0.25) is 0 Å². The highest BCUT2D eigenvalue weighted by Crippen LogP contribution is 2.26. The average molecular weight is 451 g/mol. The molecular formula is C25H30N4O2S. The van der Waals surface area contributed by atoms with Gasteiger partial charge in [0.05, 0.1) is 37.1 Å². The van der Waals surface area contributed by atoms with Gasteiger partial charge in [-0.15, -0.1) is 0 Å². The predicted molar refractivity (Wildman–Crippen MR) is 129 cm³/mol. The van der Waals surface area contributed by atoms with Crippen LogP contribution in [0.15, 0.2) is 47.5 Å². The molecule has 1 aliphatic heterocycles. The molecule has 0 unspecified atom stereocenters. The molecule has 1 amide bonds. The van der Waals surface area contributed by atoms with E-state index in [0.29, 0.717) is 12.3 Å². The van der Waals surface area contributed by atoms with E-state index < -0.39 is 0 Å². The molecule has 0 saturated carbocycles. The summed E-state index contributed by atoms with van der Waals surface area (Å²) in [5.41, 5.74) is 4.52. The van der Waals surface area contributed by atoms with Crippen LogP contribution in [0, 0.1) is 13.8 Å². The third-order valence-corrected chi connectivity index (χ3v) is 6.82. The van der Waals surface area contributed by atoms with Crippen molar-refractivity contribution >= 4 is 28.6 Å². The molecule has 1 saturated heterocycles. The molecule has 168 valence electrons. The first-order chi connectivity index (χ1) is 15.5. The normalized spacial score (nSPS) is 15.6. The van der Waals surface area contributed by atoms with Gasteiger partial charge in [-0.2, -0.15) is 0 Å². The monoisotopic (exact) mass is 450 g/mol. The molecule has 2 heterocycles. The van der Waals surface area contributed by atoms with Crippen LogP contribution in [-0.4, -0.2) is 52.8 Å². The fraction of sp³-hybridized carbons (Fsp3) is 0.400. The van der Waals surface area contributed by atoms with Gasteiger partial charge in [-0.05, 0) is 43.5 Å². The lowest BCUT2D eigenvalue weighted by molar-refractivity contribution is -0.119. The van der Waals surface area contributed by atoms with Crippen molar-refractivity contribution in [1.82, 2.24) is 20.2 Å². The third-order valence-electron chi connectivity index (χ3n) is 5.83. The van der Waals surface area contributed by atoms with Crippen molar-refractivity contribution in [3.63, 3.8) is 0 Å². The first-order valence-corrected chi connectivity index (χ1v) is 12.0. The SMILES string of the molecule is Cc1ccc([C@@H](C)NC(=O)CSc2nc(CN3CCOCC3)nc3ccccc23)cc1C. The van der Waals surface area contributed by atoms with Crippen LogP contribution in [0.5, 0.6) is 0 Å². The third kappa shape index (κ3) is 5.65. The van der Waals surface area contributed by atoms with E-state index in [1.165, 1.54) is 22.9 Å². The van der Waals surface area contributed by atoms with E-state index in [9.17, 15) is 4.79 Å². The number of nitrogens with one attached hydrogen (secondary N) is 1. The van der Waals surface area contributed by atoms with Crippen molar-refractivity contribution in [2.45, 2.75) is 38.4 Å². The summed E-state index contributed by atoms with van der Waals surface area (Å²) >= 11 is 1.47. The Morgan fingerprint density at radius 3 is 2.69 bits per heavy atom. The summed E-state index contributed by atoms with van der Waals surface area (Å²) in [6.07, 6.45) is 0. The summed E-state index contributed by atoms with van der Waals surface area (Å²) in [6, 6.07) is 14.3. The fourth-order valence-electron chi connectivity index (χ4n) is 3.77. The van der Waals surface area contributed by atoms with Crippen LogP contribution in [0.25, 0.3) is 10.9 Å². The number of hydrogen-bond acceptors (Lipinski definition) is 6. The standard InChI is InChI=1S/C25H30N4O2S/c1-17-8-9-20(14-18(17)2)19(3)26-24(30)16-32-25-21-6-4-5-7-22(21)27-23(28-25)15-29-10-12-31-13-11-29/h4-9,14,19H,10-13,15-16H2,1-3H3,(H,26,30)/t19-/m1/s1. The maximum Gasteiger partial charge on any atom is 0.230 e. The first-order valence-electron chi connectivity index (χ1n) is 11.0. The molecule has 4 rings (SSSR count). The zero-order chi connectivity index (χ0) is 22.5. The van der Waals surface area contributed by atoms with Crippen molar-refractivity contribution in [2.75, 3.05) is 32.1 Å². The van der Waals surface area contributed by atoms with E-state index in [-0.39, 0.29) is 11.9 Å². The minimum atomic E-state index is -0.0403. The lowest BCUT2D eigenvalue weighted by Gasteiger charge is -2.25. The fourth-order valence-corrected chi connectivity index (χ4v) is 4.62. The van der Waals surface area contributed by atoms with Crippen LogP contribution in [0.4, 0.5) is 0 Å². The Morgan fingerprint density at radius 1 is 1.12 bits per heavy atom. The molecular weight excluding hydrogens is 420 g/mol. The van der Waals surface area contributed by atoms with Gasteiger partial charge >= 0.3 is 0 Å². The Kier molecular flexibility index (Phi) is 7.40. The van der Waals surface area contributed by atoms with E-state index in [2.05, 4.69) is 42.3 Å². The van der Waals surface area contributed by atoms with Crippen LogP contribution < -0.4 is 5.32 Å². The number of thioether (sulfide) groups is 1. The lowest BCUT2D eigenvalue weighted by atomic mass is 10.0. The van der Waals surface area contributed by atoms with Gasteiger partial charge < -0.3 is 10.1 Å². The number of morpholine rings is 1. The van der Waals surface area contributed by atoms with Crippen LogP contribution in [0.1, 0.15) is 35.5 Å². The summed E-state index contributed by atoms with van der Waals surface area (Å²) in [5.74, 6) is 1.10. The molecule has 7 heteroatoms. The Hall–Kier alpha value is -2.48. The summed E-state index contributed by atoms with van der Waals surface area (Å²) < 4.78 is 5.44. The number of fused-ring (bicyclic) bond motifs is 1. The zero-order valence-corrected chi connectivity index (χ0v) is 19.7. The van der Waals surface area contributed by atoms with Crippen LogP contribution >= 0.6 is 11.8 Å². The van der Waals surface area contributed by atoms with Gasteiger partial charge in [0.25, 0.3) is 0 Å². The molecule has 2 aromatic carbocycles. The topological polar surface area (TPSA) is 67.4 Å². The number of carbonyl (C=O) groups excluding carboxylic acids is 1. The van der Waals surface area contributed by atoms with Crippen LogP contribution in [0.3, 0.4) is 0 Å². The average Bonchev–Trinajstić information content (AvgIpc) is 2.80. The van der Waals surface area contributed by atoms with Gasteiger partial charge in [-0.1, -0.05) is 48.2 Å². The molecule has 0 aliphatic carbocycles. The first kappa shape index (κ1) is 22.7. The second kappa shape index (κ2) is 10.4. The van der Waals surface area contributed by atoms with E-state index in [0.717, 1.165) is 53.6 Å². The number of aromatic nitrogens is 2. The molecule has 1 aliphatic rings. The molecule has 0 radical (unpaired) electrons. The number of rotatable bonds is 7. The summed E-state index contributed by atoms with van der Waals surface area (Å²) in [5, 5.41) is 4.96. The molecule has 0 bridgehead atoms. The van der Waals surface area contributed by atoms with E-state index >= 15 is 0 Å². The minimum absolute atomic E-state index is 0.00171. The highest BCUT2D eigenvalue weighted by atomic mass is 32.2. The van der Waals surface area contributed by atoms with Gasteiger partial charge in [0.1, 0.15) is 10.9 Å². The quantitative estimate of drug-likeness (QED) is 0.433. The molecule has 1 aromatic heterocycles. The van der Waals surface area contributed by atoms with Crippen LogP contribution in [-0.2, 0) is 16.1 Å². The van der Waals surface area contributed by atoms with Crippen molar-refractivity contribution in [3.05, 3.63) is 65.0 Å². The predicted octanol–water partition coefficient (Wildman–Crippen LogP) is 4.05.